The van der Waals surface area contributed by atoms with E-state index in [2.05, 4.69) is 0 Å². The van der Waals surface area contributed by atoms with Crippen LogP contribution in [0.5, 0.6) is 0 Å². The normalized spacial score (nSPS) is 11.4. The average Bonchev–Trinajstić information content (AvgIpc) is 1.89. The lowest BCUT2D eigenvalue weighted by molar-refractivity contribution is -0.111. The molecule has 0 saturated heterocycles. The van der Waals surface area contributed by atoms with Crippen molar-refractivity contribution in [2.45, 2.75) is 12.0 Å². The molecule has 0 saturated carbocycles. The molecule has 0 atom stereocenters. The first-order valence-corrected chi connectivity index (χ1v) is 3.53. The number of aliphatic hydroxyl groups is 1. The van der Waals surface area contributed by atoms with Crippen molar-refractivity contribution in [3.8, 4) is 0 Å². The summed E-state index contributed by atoms with van der Waals surface area (Å²) in [7, 11) is 0. The van der Waals surface area contributed by atoms with Crippen LogP contribution in [-0.4, -0.2) is 28.8 Å². The van der Waals surface area contributed by atoms with Gasteiger partial charge in [-0.3, -0.25) is 0 Å². The van der Waals surface area contributed by atoms with E-state index in [1.54, 1.807) is 0 Å². The van der Waals surface area contributed by atoms with Crippen LogP contribution in [-0.2, 0) is 4.79 Å². The Morgan fingerprint density at radius 2 is 1.89 bits per heavy atom. The molecule has 0 rings (SSSR count). The molecule has 0 spiro atoms. The van der Waals surface area contributed by atoms with Gasteiger partial charge in [-0.05, 0) is 0 Å². The highest BCUT2D eigenvalue weighted by molar-refractivity contribution is 6.22. The summed E-state index contributed by atoms with van der Waals surface area (Å²) >= 11 is 10.6. The summed E-state index contributed by atoms with van der Waals surface area (Å²) in [6.45, 7) is 0. The number of alkyl halides is 2. The Kier molecular flexibility index (Phi) is 4.19. The largest absolute Gasteiger partial charge is 0.387 e. The molecule has 0 bridgehead atoms. The molecule has 4 heteroatoms. The molecule has 54 valence electrons. The topological polar surface area (TPSA) is 37.3 Å². The molecule has 1 N–H and O–H groups in total. The lowest BCUT2D eigenvalue weighted by atomic mass is 10.1. The summed E-state index contributed by atoms with van der Waals surface area (Å²) in [6, 6.07) is 0. The highest BCUT2D eigenvalue weighted by Gasteiger charge is 2.23. The van der Waals surface area contributed by atoms with Crippen LogP contribution in [0.1, 0.15) is 6.42 Å². The van der Waals surface area contributed by atoms with Crippen molar-refractivity contribution in [1.29, 1.82) is 0 Å². The first-order valence-electron chi connectivity index (χ1n) is 2.46. The molecule has 9 heavy (non-hydrogen) atoms. The van der Waals surface area contributed by atoms with E-state index in [9.17, 15) is 4.79 Å². The van der Waals surface area contributed by atoms with Gasteiger partial charge in [-0.1, -0.05) is 0 Å². The Morgan fingerprint density at radius 1 is 1.44 bits per heavy atom. The second-order valence-electron chi connectivity index (χ2n) is 1.86. The standard InChI is InChI=1S/C5H8Cl2O2/c6-3-5(9,4-7)1-2-8/h2,9H,1,3-4H2. The van der Waals surface area contributed by atoms with Crippen molar-refractivity contribution in [2.24, 2.45) is 0 Å². The maximum Gasteiger partial charge on any atom is 0.122 e. The van der Waals surface area contributed by atoms with E-state index in [-0.39, 0.29) is 18.2 Å². The molecule has 0 fully saturated rings. The van der Waals surface area contributed by atoms with Crippen molar-refractivity contribution < 1.29 is 9.90 Å². The van der Waals surface area contributed by atoms with Gasteiger partial charge in [-0.25, -0.2) is 0 Å². The van der Waals surface area contributed by atoms with Crippen LogP contribution in [0, 0.1) is 0 Å². The summed E-state index contributed by atoms with van der Waals surface area (Å²) in [4.78, 5) is 9.86. The number of hydrogen-bond donors (Lipinski definition) is 1. The van der Waals surface area contributed by atoms with E-state index in [0.29, 0.717) is 6.29 Å². The number of aldehydes is 1. The van der Waals surface area contributed by atoms with Crippen molar-refractivity contribution >= 4 is 29.5 Å². The third-order valence-electron chi connectivity index (χ3n) is 0.961. The molecule has 0 aliphatic rings. The van der Waals surface area contributed by atoms with E-state index < -0.39 is 5.60 Å². The monoisotopic (exact) mass is 170 g/mol. The van der Waals surface area contributed by atoms with Crippen LogP contribution >= 0.6 is 23.2 Å². The van der Waals surface area contributed by atoms with Crippen molar-refractivity contribution in [3.05, 3.63) is 0 Å². The smallest absolute Gasteiger partial charge is 0.122 e. The predicted octanol–water partition coefficient (Wildman–Crippen LogP) is 0.784. The van der Waals surface area contributed by atoms with Crippen LogP contribution < -0.4 is 0 Å². The molecule has 0 aromatic carbocycles. The summed E-state index contributed by atoms with van der Waals surface area (Å²) in [5.41, 5.74) is -1.20. The van der Waals surface area contributed by atoms with E-state index in [1.165, 1.54) is 0 Å². The van der Waals surface area contributed by atoms with Gasteiger partial charge in [0.25, 0.3) is 0 Å². The molecular formula is C5H8Cl2O2. The van der Waals surface area contributed by atoms with E-state index >= 15 is 0 Å². The molecule has 0 heterocycles. The Hall–Kier alpha value is 0.210. The van der Waals surface area contributed by atoms with Gasteiger partial charge in [0.1, 0.15) is 6.29 Å². The number of rotatable bonds is 4. The Morgan fingerprint density at radius 3 is 2.00 bits per heavy atom. The van der Waals surface area contributed by atoms with Crippen LogP contribution in [0.15, 0.2) is 0 Å². The Bertz CT molecular complexity index is 91.0. The van der Waals surface area contributed by atoms with E-state index in [4.69, 9.17) is 28.3 Å². The zero-order valence-corrected chi connectivity index (χ0v) is 6.32. The van der Waals surface area contributed by atoms with E-state index in [0.717, 1.165) is 0 Å². The van der Waals surface area contributed by atoms with Crippen molar-refractivity contribution in [2.75, 3.05) is 11.8 Å². The van der Waals surface area contributed by atoms with Gasteiger partial charge in [0.15, 0.2) is 0 Å². The lowest BCUT2D eigenvalue weighted by Gasteiger charge is -2.18. The zero-order chi connectivity index (χ0) is 7.33. The first-order chi connectivity index (χ1) is 4.18. The fraction of sp³-hybridized carbons (Fsp3) is 0.800. The summed E-state index contributed by atoms with van der Waals surface area (Å²) < 4.78 is 0. The number of carbonyl (C=O) groups excluding carboxylic acids is 1. The molecule has 2 nitrogen and oxygen atoms in total. The maximum atomic E-state index is 9.86. The fourth-order valence-corrected chi connectivity index (χ4v) is 0.804. The third-order valence-corrected chi connectivity index (χ3v) is 1.96. The summed E-state index contributed by atoms with van der Waals surface area (Å²) in [5.74, 6) is -0.00944. The third kappa shape index (κ3) is 3.04. The summed E-state index contributed by atoms with van der Waals surface area (Å²) in [6.07, 6.45) is 0.602. The van der Waals surface area contributed by atoms with Crippen LogP contribution in [0.4, 0.5) is 0 Å². The molecule has 0 radical (unpaired) electrons. The van der Waals surface area contributed by atoms with Gasteiger partial charge in [0.05, 0.1) is 17.4 Å². The minimum Gasteiger partial charge on any atom is -0.387 e. The SMILES string of the molecule is O=CCC(O)(CCl)CCl. The molecule has 0 aliphatic heterocycles. The summed E-state index contributed by atoms with van der Waals surface area (Å²) in [5, 5.41) is 9.13. The molecule has 0 unspecified atom stereocenters. The minimum atomic E-state index is -1.20. The van der Waals surface area contributed by atoms with Crippen LogP contribution in [0.25, 0.3) is 0 Å². The number of carbonyl (C=O) groups is 1. The second-order valence-corrected chi connectivity index (χ2v) is 2.40. The maximum absolute atomic E-state index is 9.86. The molecule has 0 aromatic rings. The Balaban J connectivity index is 3.75. The van der Waals surface area contributed by atoms with Gasteiger partial charge >= 0.3 is 0 Å². The van der Waals surface area contributed by atoms with Gasteiger partial charge in [0.2, 0.25) is 0 Å². The number of halogens is 2. The van der Waals surface area contributed by atoms with Crippen LogP contribution in [0.2, 0.25) is 0 Å². The Labute approximate surface area is 63.8 Å². The quantitative estimate of drug-likeness (QED) is 0.501. The highest BCUT2D eigenvalue weighted by Crippen LogP contribution is 2.12. The van der Waals surface area contributed by atoms with Gasteiger partial charge < -0.3 is 9.90 Å². The van der Waals surface area contributed by atoms with Gasteiger partial charge in [-0.2, -0.15) is 0 Å². The van der Waals surface area contributed by atoms with Crippen LogP contribution in [0.3, 0.4) is 0 Å². The lowest BCUT2D eigenvalue weighted by Crippen LogP contribution is -2.33. The molecule has 0 amide bonds. The highest BCUT2D eigenvalue weighted by atomic mass is 35.5. The number of hydrogen-bond acceptors (Lipinski definition) is 2. The van der Waals surface area contributed by atoms with Crippen molar-refractivity contribution in [3.63, 3.8) is 0 Å². The molecule has 0 aliphatic carbocycles. The molecular weight excluding hydrogens is 163 g/mol. The van der Waals surface area contributed by atoms with Gasteiger partial charge in [0, 0.05) is 6.42 Å². The van der Waals surface area contributed by atoms with Gasteiger partial charge in [-0.15, -0.1) is 23.2 Å². The fourth-order valence-electron chi connectivity index (χ4n) is 0.300. The second kappa shape index (κ2) is 4.09. The first kappa shape index (κ1) is 9.21. The average molecular weight is 171 g/mol. The zero-order valence-electron chi connectivity index (χ0n) is 4.81. The van der Waals surface area contributed by atoms with E-state index in [1.807, 2.05) is 0 Å². The molecule has 0 aromatic heterocycles. The predicted molar refractivity (Wildman–Crippen MR) is 37.1 cm³/mol. The minimum absolute atomic E-state index is 0. The van der Waals surface area contributed by atoms with Crippen molar-refractivity contribution in [1.82, 2.24) is 0 Å².